The summed E-state index contributed by atoms with van der Waals surface area (Å²) in [7, 11) is 0. The minimum Gasteiger partial charge on any atom is -0.310 e. The first-order chi connectivity index (χ1) is 9.63. The molecule has 0 aliphatic heterocycles. The Hall–Kier alpha value is -1.69. The Labute approximate surface area is 120 Å². The van der Waals surface area contributed by atoms with Crippen LogP contribution in [0.4, 0.5) is 0 Å². The molecule has 0 bridgehead atoms. The van der Waals surface area contributed by atoms with E-state index in [1.165, 1.54) is 11.3 Å². The van der Waals surface area contributed by atoms with E-state index < -0.39 is 0 Å². The lowest BCUT2D eigenvalue weighted by atomic mass is 10.1. The molecule has 20 heavy (non-hydrogen) atoms. The Kier molecular flexibility index (Phi) is 4.89. The second kappa shape index (κ2) is 6.65. The van der Waals surface area contributed by atoms with Gasteiger partial charge in [0.15, 0.2) is 0 Å². The number of aromatic nitrogens is 5. The Morgan fingerprint density at radius 2 is 2.20 bits per heavy atom. The molecule has 1 unspecified atom stereocenters. The molecule has 6 heteroatoms. The maximum absolute atomic E-state index is 4.57. The maximum Gasteiger partial charge on any atom is 0.137 e. The summed E-state index contributed by atoms with van der Waals surface area (Å²) < 4.78 is 2.07. The minimum atomic E-state index is 0.324. The van der Waals surface area contributed by atoms with E-state index in [4.69, 9.17) is 0 Å². The van der Waals surface area contributed by atoms with Crippen LogP contribution in [0.1, 0.15) is 49.1 Å². The van der Waals surface area contributed by atoms with Crippen molar-refractivity contribution in [3.05, 3.63) is 29.1 Å². The molecule has 110 valence electrons. The van der Waals surface area contributed by atoms with Gasteiger partial charge in [-0.05, 0) is 40.7 Å². The van der Waals surface area contributed by atoms with Crippen LogP contribution < -0.4 is 5.32 Å². The van der Waals surface area contributed by atoms with E-state index >= 15 is 0 Å². The van der Waals surface area contributed by atoms with Gasteiger partial charge in [-0.1, -0.05) is 0 Å². The number of hydrogen-bond donors (Lipinski definition) is 2. The van der Waals surface area contributed by atoms with E-state index in [2.05, 4.69) is 58.0 Å². The Balaban J connectivity index is 1.85. The number of hydrogen-bond acceptors (Lipinski definition) is 4. The second-order valence-corrected chi connectivity index (χ2v) is 5.11. The maximum atomic E-state index is 4.57. The Bertz CT molecular complexity index is 528. The largest absolute Gasteiger partial charge is 0.310 e. The third kappa shape index (κ3) is 3.25. The van der Waals surface area contributed by atoms with Crippen molar-refractivity contribution in [1.29, 1.82) is 0 Å². The van der Waals surface area contributed by atoms with E-state index in [0.717, 1.165) is 37.4 Å². The van der Waals surface area contributed by atoms with Crippen LogP contribution in [0.2, 0.25) is 0 Å². The summed E-state index contributed by atoms with van der Waals surface area (Å²) in [6.45, 7) is 10.4. The monoisotopic (exact) mass is 276 g/mol. The number of nitrogens with zero attached hydrogens (tertiary/aromatic N) is 4. The van der Waals surface area contributed by atoms with E-state index in [1.807, 2.05) is 0 Å². The molecular weight excluding hydrogens is 252 g/mol. The standard InChI is InChI=1S/C14H24N6/c1-5-20-12(4)14(11(3)19-20)10(2)15-8-6-7-13-16-9-17-18-13/h9-10,15H,5-8H2,1-4H3,(H,16,17,18). The number of H-pyrrole nitrogens is 1. The molecule has 6 nitrogen and oxygen atoms in total. The summed E-state index contributed by atoms with van der Waals surface area (Å²) >= 11 is 0. The topological polar surface area (TPSA) is 71.4 Å². The molecule has 1 atom stereocenters. The lowest BCUT2D eigenvalue weighted by Crippen LogP contribution is -2.21. The van der Waals surface area contributed by atoms with Crippen LogP contribution in [0.25, 0.3) is 0 Å². The van der Waals surface area contributed by atoms with Crippen molar-refractivity contribution in [3.8, 4) is 0 Å². The molecule has 2 heterocycles. The average Bonchev–Trinajstić information content (AvgIpc) is 3.02. The molecule has 0 amide bonds. The Morgan fingerprint density at radius 3 is 2.80 bits per heavy atom. The third-order valence-electron chi connectivity index (χ3n) is 3.68. The van der Waals surface area contributed by atoms with Crippen molar-refractivity contribution in [3.63, 3.8) is 0 Å². The van der Waals surface area contributed by atoms with Crippen molar-refractivity contribution < 1.29 is 0 Å². The van der Waals surface area contributed by atoms with E-state index in [9.17, 15) is 0 Å². The zero-order valence-corrected chi connectivity index (χ0v) is 12.8. The minimum absolute atomic E-state index is 0.324. The average molecular weight is 276 g/mol. The van der Waals surface area contributed by atoms with Gasteiger partial charge in [0.2, 0.25) is 0 Å². The third-order valence-corrected chi connectivity index (χ3v) is 3.68. The van der Waals surface area contributed by atoms with Crippen LogP contribution in [0, 0.1) is 13.8 Å². The van der Waals surface area contributed by atoms with Crippen LogP contribution in [-0.2, 0) is 13.0 Å². The van der Waals surface area contributed by atoms with Crippen LogP contribution in [0.3, 0.4) is 0 Å². The van der Waals surface area contributed by atoms with Gasteiger partial charge < -0.3 is 5.32 Å². The van der Waals surface area contributed by atoms with Crippen LogP contribution in [0.15, 0.2) is 6.33 Å². The summed E-state index contributed by atoms with van der Waals surface area (Å²) in [6.07, 6.45) is 3.52. The van der Waals surface area contributed by atoms with Crippen molar-refractivity contribution in [2.24, 2.45) is 0 Å². The number of aromatic amines is 1. The fraction of sp³-hybridized carbons (Fsp3) is 0.643. The molecule has 0 saturated carbocycles. The summed E-state index contributed by atoms with van der Waals surface area (Å²) in [5, 5.41) is 14.9. The van der Waals surface area contributed by atoms with Gasteiger partial charge in [-0.3, -0.25) is 9.78 Å². The predicted molar refractivity (Wildman–Crippen MR) is 78.5 cm³/mol. The lowest BCUT2D eigenvalue weighted by molar-refractivity contribution is 0.548. The van der Waals surface area contributed by atoms with Gasteiger partial charge in [-0.2, -0.15) is 10.2 Å². The fourth-order valence-electron chi connectivity index (χ4n) is 2.67. The zero-order valence-electron chi connectivity index (χ0n) is 12.8. The summed E-state index contributed by atoms with van der Waals surface area (Å²) in [5.41, 5.74) is 3.71. The van der Waals surface area contributed by atoms with Gasteiger partial charge in [0, 0.05) is 30.3 Å². The highest BCUT2D eigenvalue weighted by atomic mass is 15.3. The Morgan fingerprint density at radius 1 is 1.40 bits per heavy atom. The number of aryl methyl sites for hydroxylation is 3. The smallest absolute Gasteiger partial charge is 0.137 e. The SMILES string of the molecule is CCn1nc(C)c(C(C)NCCCc2ncn[nH]2)c1C. The van der Waals surface area contributed by atoms with Crippen LogP contribution in [0.5, 0.6) is 0 Å². The van der Waals surface area contributed by atoms with Gasteiger partial charge >= 0.3 is 0 Å². The predicted octanol–water partition coefficient (Wildman–Crippen LogP) is 1.92. The lowest BCUT2D eigenvalue weighted by Gasteiger charge is -2.14. The molecule has 0 saturated heterocycles. The molecule has 2 aromatic heterocycles. The van der Waals surface area contributed by atoms with E-state index in [1.54, 1.807) is 6.33 Å². The fourth-order valence-corrected chi connectivity index (χ4v) is 2.67. The zero-order chi connectivity index (χ0) is 14.5. The summed E-state index contributed by atoms with van der Waals surface area (Å²) in [4.78, 5) is 4.13. The first kappa shape index (κ1) is 14.7. The van der Waals surface area contributed by atoms with Gasteiger partial charge in [-0.25, -0.2) is 4.98 Å². The first-order valence-electron chi connectivity index (χ1n) is 7.25. The molecule has 2 aromatic rings. The van der Waals surface area contributed by atoms with E-state index in [-0.39, 0.29) is 0 Å². The molecule has 2 N–H and O–H groups in total. The van der Waals surface area contributed by atoms with Gasteiger partial charge in [-0.15, -0.1) is 0 Å². The summed E-state index contributed by atoms with van der Waals surface area (Å²) in [6, 6.07) is 0.324. The molecule has 0 aliphatic carbocycles. The molecule has 0 fully saturated rings. The number of nitrogens with one attached hydrogen (secondary N) is 2. The van der Waals surface area contributed by atoms with E-state index in [0.29, 0.717) is 6.04 Å². The molecular formula is C14H24N6. The van der Waals surface area contributed by atoms with Crippen molar-refractivity contribution in [2.75, 3.05) is 6.54 Å². The van der Waals surface area contributed by atoms with Crippen LogP contribution >= 0.6 is 0 Å². The number of rotatable bonds is 7. The van der Waals surface area contributed by atoms with Gasteiger partial charge in [0.05, 0.1) is 5.69 Å². The first-order valence-corrected chi connectivity index (χ1v) is 7.25. The molecule has 0 aromatic carbocycles. The highest BCUT2D eigenvalue weighted by molar-refractivity contribution is 5.27. The normalized spacial score (nSPS) is 12.8. The highest BCUT2D eigenvalue weighted by Gasteiger charge is 2.16. The van der Waals surface area contributed by atoms with Crippen molar-refractivity contribution in [2.45, 2.75) is 53.1 Å². The highest BCUT2D eigenvalue weighted by Crippen LogP contribution is 2.21. The quantitative estimate of drug-likeness (QED) is 0.758. The van der Waals surface area contributed by atoms with Gasteiger partial charge in [0.25, 0.3) is 0 Å². The molecule has 0 radical (unpaired) electrons. The molecule has 2 rings (SSSR count). The second-order valence-electron chi connectivity index (χ2n) is 5.11. The summed E-state index contributed by atoms with van der Waals surface area (Å²) in [5.74, 6) is 0.950. The molecule has 0 spiro atoms. The van der Waals surface area contributed by atoms with Crippen molar-refractivity contribution >= 4 is 0 Å². The van der Waals surface area contributed by atoms with Crippen LogP contribution in [-0.4, -0.2) is 31.5 Å². The van der Waals surface area contributed by atoms with Crippen molar-refractivity contribution in [1.82, 2.24) is 30.3 Å². The molecule has 0 aliphatic rings. The van der Waals surface area contributed by atoms with Gasteiger partial charge in [0.1, 0.15) is 12.2 Å².